The third-order valence-corrected chi connectivity index (χ3v) is 2.15. The number of carbonyl (C=O) groups is 1. The van der Waals surface area contributed by atoms with Gasteiger partial charge in [-0.2, -0.15) is 13.2 Å². The van der Waals surface area contributed by atoms with E-state index in [0.29, 0.717) is 11.4 Å². The molecule has 0 radical (unpaired) electrons. The largest absolute Gasteiger partial charge is 0.405 e. The van der Waals surface area contributed by atoms with E-state index >= 15 is 0 Å². The second kappa shape index (κ2) is 5.17. The Morgan fingerprint density at radius 2 is 2.24 bits per heavy atom. The molecule has 8 heteroatoms. The molecule has 5 nitrogen and oxygen atoms in total. The van der Waals surface area contributed by atoms with Crippen LogP contribution in [0.2, 0.25) is 0 Å². The first-order chi connectivity index (χ1) is 7.83. The number of hydrogen-bond acceptors (Lipinski definition) is 3. The number of alkyl halides is 3. The Morgan fingerprint density at radius 3 is 2.76 bits per heavy atom. The summed E-state index contributed by atoms with van der Waals surface area (Å²) in [5.74, 6) is -0.727. The lowest BCUT2D eigenvalue weighted by molar-refractivity contribution is -0.138. The molecule has 0 aromatic carbocycles. The van der Waals surface area contributed by atoms with Crippen LogP contribution < -0.4 is 11.1 Å². The molecule has 17 heavy (non-hydrogen) atoms. The van der Waals surface area contributed by atoms with Gasteiger partial charge in [0.2, 0.25) is 5.91 Å². The summed E-state index contributed by atoms with van der Waals surface area (Å²) in [6, 6.07) is 0. The number of halogens is 3. The predicted octanol–water partition coefficient (Wildman–Crippen LogP) is 0.329. The van der Waals surface area contributed by atoms with E-state index in [4.69, 9.17) is 5.73 Å². The van der Waals surface area contributed by atoms with Crippen molar-refractivity contribution in [2.75, 3.05) is 6.54 Å². The van der Waals surface area contributed by atoms with E-state index in [1.165, 1.54) is 10.9 Å². The summed E-state index contributed by atoms with van der Waals surface area (Å²) in [4.78, 5) is 15.2. The van der Waals surface area contributed by atoms with E-state index < -0.39 is 18.6 Å². The van der Waals surface area contributed by atoms with E-state index in [1.54, 1.807) is 12.2 Å². The standard InChI is InChI=1S/C9H13F3N4O/c1-6-7(2-13)16(5-15-6)3-8(17)14-4-9(10,11)12/h5H,2-4,13H2,1H3,(H,14,17). The lowest BCUT2D eigenvalue weighted by Gasteiger charge is -2.10. The highest BCUT2D eigenvalue weighted by atomic mass is 19.4. The van der Waals surface area contributed by atoms with Gasteiger partial charge in [0.25, 0.3) is 0 Å². The summed E-state index contributed by atoms with van der Waals surface area (Å²) in [6.07, 6.45) is -3.03. The highest BCUT2D eigenvalue weighted by Crippen LogP contribution is 2.12. The van der Waals surface area contributed by atoms with Crippen LogP contribution in [0.25, 0.3) is 0 Å². The van der Waals surface area contributed by atoms with Crippen molar-refractivity contribution >= 4 is 5.91 Å². The number of nitrogens with zero attached hydrogens (tertiary/aromatic N) is 2. The van der Waals surface area contributed by atoms with Crippen LogP contribution in [0.4, 0.5) is 13.2 Å². The fourth-order valence-electron chi connectivity index (χ4n) is 1.32. The summed E-state index contributed by atoms with van der Waals surface area (Å²) in [5, 5.41) is 1.78. The Bertz CT molecular complexity index is 399. The van der Waals surface area contributed by atoms with Gasteiger partial charge in [-0.3, -0.25) is 4.79 Å². The van der Waals surface area contributed by atoms with Gasteiger partial charge in [-0.1, -0.05) is 0 Å². The van der Waals surface area contributed by atoms with E-state index in [-0.39, 0.29) is 13.1 Å². The number of imidazole rings is 1. The second-order valence-electron chi connectivity index (χ2n) is 3.50. The molecule has 96 valence electrons. The van der Waals surface area contributed by atoms with Crippen LogP contribution in [0.15, 0.2) is 6.33 Å². The minimum atomic E-state index is -4.41. The molecule has 1 aromatic heterocycles. The van der Waals surface area contributed by atoms with Crippen molar-refractivity contribution < 1.29 is 18.0 Å². The first kappa shape index (κ1) is 13.5. The van der Waals surface area contributed by atoms with Gasteiger partial charge in [0, 0.05) is 6.54 Å². The normalized spacial score (nSPS) is 11.6. The molecule has 0 atom stereocenters. The zero-order chi connectivity index (χ0) is 13.1. The van der Waals surface area contributed by atoms with Crippen molar-refractivity contribution in [2.24, 2.45) is 5.73 Å². The van der Waals surface area contributed by atoms with Gasteiger partial charge >= 0.3 is 6.18 Å². The molecular formula is C9H13F3N4O. The van der Waals surface area contributed by atoms with Crippen molar-refractivity contribution in [3.8, 4) is 0 Å². The van der Waals surface area contributed by atoms with Crippen molar-refractivity contribution in [2.45, 2.75) is 26.2 Å². The summed E-state index contributed by atoms with van der Waals surface area (Å²) in [6.45, 7) is 0.339. The Hall–Kier alpha value is -1.57. The van der Waals surface area contributed by atoms with E-state index in [9.17, 15) is 18.0 Å². The predicted molar refractivity (Wildman–Crippen MR) is 53.9 cm³/mol. The molecule has 1 aromatic rings. The Kier molecular flexibility index (Phi) is 4.11. The summed E-state index contributed by atoms with van der Waals surface area (Å²) in [7, 11) is 0. The molecule has 1 rings (SSSR count). The van der Waals surface area contributed by atoms with Crippen molar-refractivity contribution in [1.29, 1.82) is 0 Å². The molecule has 0 aliphatic heterocycles. The average Bonchev–Trinajstić information content (AvgIpc) is 2.55. The molecule has 0 aliphatic rings. The van der Waals surface area contributed by atoms with Gasteiger partial charge < -0.3 is 15.6 Å². The third-order valence-electron chi connectivity index (χ3n) is 2.15. The van der Waals surface area contributed by atoms with Gasteiger partial charge in [-0.25, -0.2) is 4.98 Å². The smallest absolute Gasteiger partial charge is 0.345 e. The second-order valence-corrected chi connectivity index (χ2v) is 3.50. The number of aromatic nitrogens is 2. The molecule has 0 bridgehead atoms. The van der Waals surface area contributed by atoms with Crippen LogP contribution >= 0.6 is 0 Å². The molecule has 0 spiro atoms. The van der Waals surface area contributed by atoms with Gasteiger partial charge in [0.1, 0.15) is 13.1 Å². The number of aryl methyl sites for hydroxylation is 1. The fraction of sp³-hybridized carbons (Fsp3) is 0.556. The lowest BCUT2D eigenvalue weighted by atomic mass is 10.3. The molecule has 3 N–H and O–H groups in total. The maximum atomic E-state index is 11.9. The number of hydrogen-bond donors (Lipinski definition) is 2. The van der Waals surface area contributed by atoms with Crippen LogP contribution in [0.3, 0.4) is 0 Å². The Balaban J connectivity index is 2.56. The zero-order valence-corrected chi connectivity index (χ0v) is 9.21. The quantitative estimate of drug-likeness (QED) is 0.808. The highest BCUT2D eigenvalue weighted by Gasteiger charge is 2.27. The van der Waals surface area contributed by atoms with Crippen LogP contribution in [0, 0.1) is 6.92 Å². The van der Waals surface area contributed by atoms with Crippen LogP contribution in [0.1, 0.15) is 11.4 Å². The minimum Gasteiger partial charge on any atom is -0.345 e. The molecule has 0 fully saturated rings. The summed E-state index contributed by atoms with van der Waals surface area (Å²) in [5.41, 5.74) is 6.74. The minimum absolute atomic E-state index is 0.179. The molecule has 0 unspecified atom stereocenters. The molecule has 1 heterocycles. The monoisotopic (exact) mass is 250 g/mol. The van der Waals surface area contributed by atoms with E-state index in [0.717, 1.165) is 0 Å². The Labute approximate surface area is 95.8 Å². The first-order valence-electron chi connectivity index (χ1n) is 4.87. The number of nitrogens with one attached hydrogen (secondary N) is 1. The van der Waals surface area contributed by atoms with Crippen LogP contribution in [-0.4, -0.2) is 28.2 Å². The SMILES string of the molecule is Cc1ncn(CC(=O)NCC(F)(F)F)c1CN. The summed E-state index contributed by atoms with van der Waals surface area (Å²) >= 11 is 0. The Morgan fingerprint density at radius 1 is 1.59 bits per heavy atom. The number of amides is 1. The van der Waals surface area contributed by atoms with Crippen molar-refractivity contribution in [1.82, 2.24) is 14.9 Å². The van der Waals surface area contributed by atoms with Crippen molar-refractivity contribution in [3.63, 3.8) is 0 Å². The maximum Gasteiger partial charge on any atom is 0.405 e. The maximum absolute atomic E-state index is 11.9. The van der Waals surface area contributed by atoms with Gasteiger partial charge in [0.05, 0.1) is 17.7 Å². The van der Waals surface area contributed by atoms with Gasteiger partial charge in [0.15, 0.2) is 0 Å². The number of nitrogens with two attached hydrogens (primary N) is 1. The molecule has 0 aliphatic carbocycles. The van der Waals surface area contributed by atoms with Gasteiger partial charge in [-0.15, -0.1) is 0 Å². The highest BCUT2D eigenvalue weighted by molar-refractivity contribution is 5.75. The molecule has 1 amide bonds. The topological polar surface area (TPSA) is 72.9 Å². The number of rotatable bonds is 4. The first-order valence-corrected chi connectivity index (χ1v) is 4.87. The third kappa shape index (κ3) is 4.06. The molecule has 0 saturated heterocycles. The lowest BCUT2D eigenvalue weighted by Crippen LogP contribution is -2.36. The van der Waals surface area contributed by atoms with Crippen LogP contribution in [0.5, 0.6) is 0 Å². The van der Waals surface area contributed by atoms with Crippen molar-refractivity contribution in [3.05, 3.63) is 17.7 Å². The number of carbonyl (C=O) groups excluding carboxylic acids is 1. The fourth-order valence-corrected chi connectivity index (χ4v) is 1.32. The molecular weight excluding hydrogens is 237 g/mol. The molecule has 0 saturated carbocycles. The van der Waals surface area contributed by atoms with E-state index in [2.05, 4.69) is 4.98 Å². The zero-order valence-electron chi connectivity index (χ0n) is 9.21. The van der Waals surface area contributed by atoms with Gasteiger partial charge in [-0.05, 0) is 6.92 Å². The van der Waals surface area contributed by atoms with Crippen LogP contribution in [-0.2, 0) is 17.9 Å². The van der Waals surface area contributed by atoms with E-state index in [1.807, 2.05) is 0 Å². The average molecular weight is 250 g/mol. The summed E-state index contributed by atoms with van der Waals surface area (Å²) < 4.78 is 37.0.